The summed E-state index contributed by atoms with van der Waals surface area (Å²) < 4.78 is 5.55. The van der Waals surface area contributed by atoms with Crippen LogP contribution in [0, 0.1) is 0 Å². The van der Waals surface area contributed by atoms with Crippen LogP contribution in [0.15, 0.2) is 84.9 Å². The number of fused-ring (bicyclic) bond motifs is 1. The molecule has 10 heteroatoms. The first-order chi connectivity index (χ1) is 22.2. The van der Waals surface area contributed by atoms with Crippen molar-refractivity contribution in [3.8, 4) is 0 Å². The van der Waals surface area contributed by atoms with Crippen LogP contribution in [0.5, 0.6) is 0 Å². The zero-order valence-electron chi connectivity index (χ0n) is 26.8. The summed E-state index contributed by atoms with van der Waals surface area (Å²) in [5.74, 6) is 1.03. The Morgan fingerprint density at radius 3 is 2.13 bits per heavy atom. The number of benzene rings is 3. The van der Waals surface area contributed by atoms with Crippen LogP contribution in [0.25, 0.3) is 10.9 Å². The minimum Gasteiger partial charge on any atom is -0.460 e. The van der Waals surface area contributed by atoms with Crippen LogP contribution in [-0.2, 0) is 16.1 Å². The van der Waals surface area contributed by atoms with Gasteiger partial charge in [0, 0.05) is 48.2 Å². The summed E-state index contributed by atoms with van der Waals surface area (Å²) in [4.78, 5) is 29.9. The molecule has 4 aromatic rings. The molecule has 1 saturated heterocycles. The number of ether oxygens (including phenoxy) is 1. The van der Waals surface area contributed by atoms with Crippen molar-refractivity contribution in [2.45, 2.75) is 32.0 Å². The van der Waals surface area contributed by atoms with E-state index in [2.05, 4.69) is 46.0 Å². The molecule has 1 atom stereocenters. The molecule has 1 aromatic heterocycles. The Morgan fingerprint density at radius 1 is 0.935 bits per heavy atom. The van der Waals surface area contributed by atoms with Crippen LogP contribution in [-0.4, -0.2) is 90.1 Å². The van der Waals surface area contributed by atoms with E-state index in [1.807, 2.05) is 74.4 Å². The summed E-state index contributed by atoms with van der Waals surface area (Å²) in [5, 5.41) is 5.73. The van der Waals surface area contributed by atoms with E-state index in [4.69, 9.17) is 37.9 Å². The van der Waals surface area contributed by atoms with Crippen LogP contribution in [0.2, 0.25) is 10.0 Å². The lowest BCUT2D eigenvalue weighted by molar-refractivity contribution is -0.143. The number of rotatable bonds is 13. The number of piperazine rings is 1. The summed E-state index contributed by atoms with van der Waals surface area (Å²) in [6.07, 6.45) is 0.569. The number of hydrogen-bond acceptors (Lipinski definition) is 8. The zero-order valence-corrected chi connectivity index (χ0v) is 28.3. The van der Waals surface area contributed by atoms with Crippen LogP contribution in [0.4, 0.5) is 5.82 Å². The molecule has 3 aromatic carbocycles. The average molecular weight is 662 g/mol. The van der Waals surface area contributed by atoms with Gasteiger partial charge < -0.3 is 15.0 Å². The first-order valence-corrected chi connectivity index (χ1v) is 16.4. The quantitative estimate of drug-likeness (QED) is 0.126. The Morgan fingerprint density at radius 2 is 1.54 bits per heavy atom. The van der Waals surface area contributed by atoms with Gasteiger partial charge in [0.2, 0.25) is 0 Å². The van der Waals surface area contributed by atoms with Gasteiger partial charge in [-0.05, 0) is 80.5 Å². The molecule has 0 radical (unpaired) electrons. The van der Waals surface area contributed by atoms with Crippen LogP contribution in [0.3, 0.4) is 0 Å². The Labute approximate surface area is 282 Å². The van der Waals surface area contributed by atoms with Crippen molar-refractivity contribution in [2.24, 2.45) is 0 Å². The SMILES string of the molecule is C=C(C)COC(=O)[C@H](CCN(C)C)Nc1nc(CN2CCN(C(c3ccc(Cl)cc3)c3ccc(Cl)cc3)CC2)nc2ccccc12. The van der Waals surface area contributed by atoms with Crippen LogP contribution < -0.4 is 5.32 Å². The maximum absolute atomic E-state index is 13.1. The third-order valence-corrected chi connectivity index (χ3v) is 8.58. The van der Waals surface area contributed by atoms with Crippen molar-refractivity contribution in [2.75, 3.05) is 58.7 Å². The third kappa shape index (κ3) is 9.05. The zero-order chi connectivity index (χ0) is 32.6. The molecule has 0 amide bonds. The number of para-hydroxylation sites is 1. The van der Waals surface area contributed by atoms with E-state index in [1.165, 1.54) is 11.1 Å². The fourth-order valence-corrected chi connectivity index (χ4v) is 5.94. The van der Waals surface area contributed by atoms with Gasteiger partial charge in [0.1, 0.15) is 24.3 Å². The lowest BCUT2D eigenvalue weighted by Gasteiger charge is -2.39. The third-order valence-electron chi connectivity index (χ3n) is 8.08. The molecule has 0 unspecified atom stereocenters. The second-order valence-electron chi connectivity index (χ2n) is 12.2. The van der Waals surface area contributed by atoms with E-state index >= 15 is 0 Å². The number of halogens is 2. The van der Waals surface area contributed by atoms with Crippen molar-refractivity contribution in [3.63, 3.8) is 0 Å². The molecule has 1 fully saturated rings. The van der Waals surface area contributed by atoms with Crippen LogP contribution >= 0.6 is 23.2 Å². The smallest absolute Gasteiger partial charge is 0.328 e. The standard InChI is InChI=1S/C36H42Cl2N6O2/c1-25(2)24-46-36(45)32(17-18-42(3)4)40-35-30-7-5-6-8-31(30)39-33(41-35)23-43-19-21-44(22-20-43)34(26-9-13-28(37)14-10-26)27-11-15-29(38)16-12-27/h5-16,32,34H,1,17-24H2,2-4H3,(H,39,40,41)/t32-/m0/s1. The number of aromatic nitrogens is 2. The second kappa shape index (κ2) is 15.8. The van der Waals surface area contributed by atoms with Gasteiger partial charge in [-0.15, -0.1) is 0 Å². The predicted molar refractivity (Wildman–Crippen MR) is 187 cm³/mol. The summed E-state index contributed by atoms with van der Waals surface area (Å²) in [7, 11) is 3.97. The molecule has 8 nitrogen and oxygen atoms in total. The van der Waals surface area contributed by atoms with Gasteiger partial charge >= 0.3 is 5.97 Å². The fourth-order valence-electron chi connectivity index (χ4n) is 5.69. The monoisotopic (exact) mass is 660 g/mol. The number of carbonyl (C=O) groups excluding carboxylic acids is 1. The van der Waals surface area contributed by atoms with Gasteiger partial charge in [-0.1, -0.05) is 66.2 Å². The average Bonchev–Trinajstić information content (AvgIpc) is 3.04. The minimum atomic E-state index is -0.561. The summed E-state index contributed by atoms with van der Waals surface area (Å²) in [6, 6.07) is 23.6. The minimum absolute atomic E-state index is 0.0909. The van der Waals surface area contributed by atoms with E-state index in [0.29, 0.717) is 31.2 Å². The van der Waals surface area contributed by atoms with Gasteiger partial charge in [-0.2, -0.15) is 0 Å². The van der Waals surface area contributed by atoms with Gasteiger partial charge in [-0.25, -0.2) is 14.8 Å². The number of anilines is 1. The topological polar surface area (TPSA) is 73.8 Å². The molecule has 0 spiro atoms. The fraction of sp³-hybridized carbons (Fsp3) is 0.361. The summed E-state index contributed by atoms with van der Waals surface area (Å²) in [6.45, 7) is 10.7. The first-order valence-electron chi connectivity index (χ1n) is 15.6. The van der Waals surface area contributed by atoms with E-state index in [0.717, 1.165) is 52.7 Å². The Hall–Kier alpha value is -3.53. The molecule has 1 aliphatic heterocycles. The van der Waals surface area contributed by atoms with Gasteiger partial charge in [0.15, 0.2) is 0 Å². The first kappa shape index (κ1) is 33.8. The van der Waals surface area contributed by atoms with Crippen molar-refractivity contribution in [1.82, 2.24) is 24.7 Å². The van der Waals surface area contributed by atoms with Gasteiger partial charge in [-0.3, -0.25) is 9.80 Å². The number of nitrogens with one attached hydrogen (secondary N) is 1. The highest BCUT2D eigenvalue weighted by Gasteiger charge is 2.28. The van der Waals surface area contributed by atoms with Crippen molar-refractivity contribution in [1.29, 1.82) is 0 Å². The Balaban J connectivity index is 1.33. The number of nitrogens with zero attached hydrogens (tertiary/aromatic N) is 5. The highest BCUT2D eigenvalue weighted by Crippen LogP contribution is 2.31. The number of carbonyl (C=O) groups is 1. The van der Waals surface area contributed by atoms with E-state index in [-0.39, 0.29) is 18.6 Å². The molecule has 0 saturated carbocycles. The molecular formula is C36H42Cl2N6O2. The van der Waals surface area contributed by atoms with Gasteiger partial charge in [0.05, 0.1) is 18.1 Å². The largest absolute Gasteiger partial charge is 0.460 e. The van der Waals surface area contributed by atoms with Crippen LogP contribution in [0.1, 0.15) is 36.3 Å². The predicted octanol–water partition coefficient (Wildman–Crippen LogP) is 6.70. The number of hydrogen-bond donors (Lipinski definition) is 1. The van der Waals surface area contributed by atoms with Crippen molar-refractivity contribution < 1.29 is 9.53 Å². The maximum Gasteiger partial charge on any atom is 0.328 e. The second-order valence-corrected chi connectivity index (χ2v) is 13.0. The molecule has 5 rings (SSSR count). The molecule has 1 N–H and O–H groups in total. The maximum atomic E-state index is 13.1. The highest BCUT2D eigenvalue weighted by atomic mass is 35.5. The molecule has 0 bridgehead atoms. The molecular weight excluding hydrogens is 619 g/mol. The number of esters is 1. The molecule has 46 heavy (non-hydrogen) atoms. The lowest BCUT2D eigenvalue weighted by Crippen LogP contribution is -2.47. The molecule has 242 valence electrons. The van der Waals surface area contributed by atoms with E-state index in [9.17, 15) is 4.79 Å². The molecule has 2 heterocycles. The van der Waals surface area contributed by atoms with Gasteiger partial charge in [0.25, 0.3) is 0 Å². The summed E-state index contributed by atoms with van der Waals surface area (Å²) >= 11 is 12.5. The molecule has 1 aliphatic rings. The Kier molecular flexibility index (Phi) is 11.7. The Bertz CT molecular complexity index is 1580. The lowest BCUT2D eigenvalue weighted by atomic mass is 9.96. The highest BCUT2D eigenvalue weighted by molar-refractivity contribution is 6.30. The normalized spacial score (nSPS) is 14.9. The van der Waals surface area contributed by atoms with E-state index < -0.39 is 6.04 Å². The van der Waals surface area contributed by atoms with E-state index in [1.54, 1.807) is 0 Å². The molecule has 0 aliphatic carbocycles. The van der Waals surface area contributed by atoms with Crippen molar-refractivity contribution >= 4 is 45.9 Å². The van der Waals surface area contributed by atoms with Crippen molar-refractivity contribution in [3.05, 3.63) is 112 Å². The summed E-state index contributed by atoms with van der Waals surface area (Å²) in [5.41, 5.74) is 4.02.